The molecule has 1 aliphatic rings. The number of rotatable bonds is 6. The quantitative estimate of drug-likeness (QED) is 0.307. The van der Waals surface area contributed by atoms with Gasteiger partial charge in [-0.15, -0.1) is 0 Å². The van der Waals surface area contributed by atoms with Crippen LogP contribution < -0.4 is 5.32 Å². The van der Waals surface area contributed by atoms with Gasteiger partial charge in [-0.05, 0) is 32.9 Å². The lowest BCUT2D eigenvalue weighted by Gasteiger charge is -2.21. The fourth-order valence-corrected chi connectivity index (χ4v) is 4.80. The number of pyridine rings is 1. The third kappa shape index (κ3) is 4.51. The first-order valence-electron chi connectivity index (χ1n) is 11.1. The number of fused-ring (bicyclic) bond motifs is 2. The van der Waals surface area contributed by atoms with E-state index < -0.39 is 17.1 Å². The highest BCUT2D eigenvalue weighted by Gasteiger charge is 2.32. The van der Waals surface area contributed by atoms with Gasteiger partial charge in [0, 0.05) is 16.7 Å². The summed E-state index contributed by atoms with van der Waals surface area (Å²) >= 11 is 1.05. The van der Waals surface area contributed by atoms with Gasteiger partial charge in [0.2, 0.25) is 5.91 Å². The largest absolute Gasteiger partial charge is 0.462 e. The van der Waals surface area contributed by atoms with Crippen LogP contribution in [0.5, 0.6) is 0 Å². The minimum Gasteiger partial charge on any atom is -0.462 e. The number of carbonyl (C=O) groups is 4. The number of nitrogens with zero attached hydrogens (tertiary/aromatic N) is 2. The average molecular weight is 500 g/mol. The van der Waals surface area contributed by atoms with E-state index in [1.165, 1.54) is 6.07 Å². The van der Waals surface area contributed by atoms with E-state index in [1.54, 1.807) is 63.2 Å². The number of esters is 1. The van der Waals surface area contributed by atoms with Gasteiger partial charge in [-0.25, -0.2) is 9.78 Å². The predicted octanol–water partition coefficient (Wildman–Crippen LogP) is 4.33. The van der Waals surface area contributed by atoms with E-state index >= 15 is 0 Å². The number of ketones is 2. The van der Waals surface area contributed by atoms with Gasteiger partial charge in [0.15, 0.2) is 11.6 Å². The second-order valence-electron chi connectivity index (χ2n) is 7.99. The van der Waals surface area contributed by atoms with E-state index in [1.807, 2.05) is 6.07 Å². The number of aryl methyl sites for hydroxylation is 1. The molecule has 2 aromatic carbocycles. The molecule has 1 N–H and O–H groups in total. The zero-order chi connectivity index (χ0) is 26.0. The maximum atomic E-state index is 13.2. The van der Waals surface area contributed by atoms with Crippen molar-refractivity contribution in [2.45, 2.75) is 31.0 Å². The Balaban J connectivity index is 1.58. The number of nitrogens with one attached hydrogen (secondary N) is 1. The Bertz CT molecular complexity index is 1470. The van der Waals surface area contributed by atoms with E-state index in [4.69, 9.17) is 4.74 Å². The minimum atomic E-state index is -0.713. The van der Waals surface area contributed by atoms with Gasteiger partial charge < -0.3 is 10.1 Å². The highest BCUT2D eigenvalue weighted by Crippen LogP contribution is 2.33. The summed E-state index contributed by atoms with van der Waals surface area (Å²) in [4.78, 5) is 55.7. The van der Waals surface area contributed by atoms with E-state index in [9.17, 15) is 24.4 Å². The van der Waals surface area contributed by atoms with Crippen molar-refractivity contribution in [2.24, 2.45) is 0 Å². The molecule has 1 aliphatic carbocycles. The summed E-state index contributed by atoms with van der Waals surface area (Å²) in [7, 11) is 0. The molecular weight excluding hydrogens is 478 g/mol. The van der Waals surface area contributed by atoms with Crippen LogP contribution in [-0.4, -0.2) is 40.3 Å². The van der Waals surface area contributed by atoms with Crippen LogP contribution in [0.25, 0.3) is 0 Å². The number of hydrogen-bond donors (Lipinski definition) is 1. The zero-order valence-corrected chi connectivity index (χ0v) is 20.6. The molecule has 1 atom stereocenters. The molecule has 0 bridgehead atoms. The summed E-state index contributed by atoms with van der Waals surface area (Å²) in [5.74, 6) is -1.63. The number of amides is 1. The molecule has 1 unspecified atom stereocenters. The molecule has 8 nitrogen and oxygen atoms in total. The Morgan fingerprint density at radius 1 is 1.08 bits per heavy atom. The molecule has 0 spiro atoms. The Hall–Kier alpha value is -4.29. The normalized spacial score (nSPS) is 12.7. The molecule has 36 heavy (non-hydrogen) atoms. The third-order valence-corrected chi connectivity index (χ3v) is 6.76. The molecule has 4 rings (SSSR count). The fraction of sp³-hybridized carbons (Fsp3) is 0.185. The molecule has 180 valence electrons. The monoisotopic (exact) mass is 499 g/mol. The topological polar surface area (TPSA) is 126 Å². The molecule has 0 saturated carbocycles. The Morgan fingerprint density at radius 2 is 1.75 bits per heavy atom. The maximum absolute atomic E-state index is 13.2. The average Bonchev–Trinajstić information content (AvgIpc) is 2.87. The van der Waals surface area contributed by atoms with Crippen LogP contribution in [0.15, 0.2) is 53.6 Å². The van der Waals surface area contributed by atoms with Crippen molar-refractivity contribution in [3.63, 3.8) is 0 Å². The number of carbonyl (C=O) groups excluding carboxylic acids is 4. The van der Waals surface area contributed by atoms with Crippen LogP contribution in [0.2, 0.25) is 0 Å². The third-order valence-electron chi connectivity index (χ3n) is 5.66. The lowest BCUT2D eigenvalue weighted by atomic mass is 9.83. The summed E-state index contributed by atoms with van der Waals surface area (Å²) < 4.78 is 5.01. The van der Waals surface area contributed by atoms with Crippen molar-refractivity contribution >= 4 is 40.9 Å². The van der Waals surface area contributed by atoms with Gasteiger partial charge in [0.05, 0.1) is 39.9 Å². The molecule has 0 fully saturated rings. The smallest absolute Gasteiger partial charge is 0.340 e. The summed E-state index contributed by atoms with van der Waals surface area (Å²) in [6, 6.07) is 14.7. The van der Waals surface area contributed by atoms with E-state index in [0.717, 1.165) is 11.8 Å². The first-order chi connectivity index (χ1) is 17.3. The van der Waals surface area contributed by atoms with E-state index in [0.29, 0.717) is 21.8 Å². The number of thioether (sulfide) groups is 1. The Labute approximate surface area is 211 Å². The molecular formula is C27H21N3O5S. The van der Waals surface area contributed by atoms with Gasteiger partial charge in [0.25, 0.3) is 0 Å². The molecule has 0 aliphatic heterocycles. The van der Waals surface area contributed by atoms with E-state index in [-0.39, 0.29) is 46.1 Å². The first-order valence-corrected chi connectivity index (χ1v) is 12.0. The highest BCUT2D eigenvalue weighted by atomic mass is 32.2. The number of aromatic nitrogens is 1. The highest BCUT2D eigenvalue weighted by molar-refractivity contribution is 8.00. The first kappa shape index (κ1) is 24.8. The van der Waals surface area contributed by atoms with Crippen LogP contribution in [0, 0.1) is 18.3 Å². The Kier molecular flexibility index (Phi) is 6.99. The Morgan fingerprint density at radius 3 is 2.42 bits per heavy atom. The molecule has 1 amide bonds. The summed E-state index contributed by atoms with van der Waals surface area (Å²) in [5.41, 5.74) is 1.95. The van der Waals surface area contributed by atoms with Gasteiger partial charge in [-0.3, -0.25) is 14.4 Å². The molecule has 9 heteroatoms. The van der Waals surface area contributed by atoms with Crippen LogP contribution in [-0.2, 0) is 9.53 Å². The number of anilines is 1. The second kappa shape index (κ2) is 10.1. The van der Waals surface area contributed by atoms with Crippen LogP contribution in [0.1, 0.15) is 67.3 Å². The molecule has 0 radical (unpaired) electrons. The zero-order valence-electron chi connectivity index (χ0n) is 19.7. The summed E-state index contributed by atoms with van der Waals surface area (Å²) in [5, 5.41) is 11.9. The molecule has 3 aromatic rings. The summed E-state index contributed by atoms with van der Waals surface area (Å²) in [6.07, 6.45) is 0. The van der Waals surface area contributed by atoms with Crippen molar-refractivity contribution in [3.05, 3.63) is 87.6 Å². The van der Waals surface area contributed by atoms with Gasteiger partial charge in [-0.1, -0.05) is 48.2 Å². The molecule has 0 saturated heterocycles. The van der Waals surface area contributed by atoms with Gasteiger partial charge in [0.1, 0.15) is 11.1 Å². The molecule has 1 aromatic heterocycles. The number of ether oxygens (including phenoxy) is 1. The van der Waals surface area contributed by atoms with Gasteiger partial charge in [-0.2, -0.15) is 5.26 Å². The van der Waals surface area contributed by atoms with Crippen molar-refractivity contribution in [2.75, 3.05) is 11.9 Å². The number of nitriles is 1. The second-order valence-corrected chi connectivity index (χ2v) is 9.32. The standard InChI is InChI=1S/C27H21N3O5S/c1-4-35-27(34)20-12-16(13-28)26(29-14(20)2)36-15(3)25(33)30-21-11-7-10-19-22(21)24(32)18-9-6-5-8-17(18)23(19)31/h5-12,15H,4H2,1-3H3,(H,30,33). The predicted molar refractivity (Wildman–Crippen MR) is 133 cm³/mol. The van der Waals surface area contributed by atoms with Crippen molar-refractivity contribution < 1.29 is 23.9 Å². The maximum Gasteiger partial charge on any atom is 0.340 e. The fourth-order valence-electron chi connectivity index (χ4n) is 3.87. The SMILES string of the molecule is CCOC(=O)c1cc(C#N)c(SC(C)C(=O)Nc2cccc3c2C(=O)c2ccccc2C3=O)nc1C. The summed E-state index contributed by atoms with van der Waals surface area (Å²) in [6.45, 7) is 5.13. The number of hydrogen-bond acceptors (Lipinski definition) is 8. The van der Waals surface area contributed by atoms with Crippen molar-refractivity contribution in [1.29, 1.82) is 5.26 Å². The van der Waals surface area contributed by atoms with Crippen LogP contribution in [0.3, 0.4) is 0 Å². The lowest BCUT2D eigenvalue weighted by Crippen LogP contribution is -2.27. The van der Waals surface area contributed by atoms with Gasteiger partial charge >= 0.3 is 5.97 Å². The van der Waals surface area contributed by atoms with Crippen LogP contribution in [0.4, 0.5) is 5.69 Å². The lowest BCUT2D eigenvalue weighted by molar-refractivity contribution is -0.115. The van der Waals surface area contributed by atoms with Crippen LogP contribution >= 0.6 is 11.8 Å². The minimum absolute atomic E-state index is 0.141. The van der Waals surface area contributed by atoms with E-state index in [2.05, 4.69) is 10.3 Å². The van der Waals surface area contributed by atoms with Crippen molar-refractivity contribution in [1.82, 2.24) is 4.98 Å². The molecule has 1 heterocycles. The van der Waals surface area contributed by atoms with Crippen molar-refractivity contribution in [3.8, 4) is 6.07 Å². The number of benzene rings is 2.